The Labute approximate surface area is 118 Å². The molecule has 0 aliphatic carbocycles. The molecular formula is C11H16NNaO3. The van der Waals surface area contributed by atoms with Crippen LogP contribution in [0, 0.1) is 5.92 Å². The van der Waals surface area contributed by atoms with Gasteiger partial charge in [0.25, 0.3) is 0 Å². The maximum atomic E-state index is 11.1. The Morgan fingerprint density at radius 3 is 2.44 bits per heavy atom. The number of carbonyl (C=O) groups is 2. The summed E-state index contributed by atoms with van der Waals surface area (Å²) in [4.78, 5) is 20.2. The Hall–Kier alpha value is -0.580. The monoisotopic (exact) mass is 233 g/mol. The van der Waals surface area contributed by atoms with Crippen LogP contribution in [0.2, 0.25) is 0 Å². The summed E-state index contributed by atoms with van der Waals surface area (Å²) in [6, 6.07) is 0. The van der Waals surface area contributed by atoms with Crippen LogP contribution in [0.5, 0.6) is 0 Å². The molecule has 16 heavy (non-hydrogen) atoms. The van der Waals surface area contributed by atoms with Gasteiger partial charge < -0.3 is 15.2 Å². The van der Waals surface area contributed by atoms with Crippen LogP contribution in [-0.2, 0) is 9.59 Å². The fourth-order valence-electron chi connectivity index (χ4n) is 1.19. The van der Waals surface area contributed by atoms with E-state index in [1.54, 1.807) is 6.08 Å². The zero-order valence-corrected chi connectivity index (χ0v) is 11.7. The molecule has 1 amide bonds. The van der Waals surface area contributed by atoms with Crippen molar-refractivity contribution >= 4 is 11.9 Å². The van der Waals surface area contributed by atoms with E-state index >= 15 is 0 Å². The molecule has 0 saturated carbocycles. The van der Waals surface area contributed by atoms with Gasteiger partial charge in [0, 0.05) is 6.54 Å². The number of carboxylic acids is 1. The first-order valence-electron chi connectivity index (χ1n) is 4.85. The van der Waals surface area contributed by atoms with Crippen molar-refractivity contribution in [2.24, 2.45) is 5.92 Å². The zero-order chi connectivity index (χ0) is 11.7. The quantitative estimate of drug-likeness (QED) is 0.314. The molecule has 1 saturated heterocycles. The van der Waals surface area contributed by atoms with E-state index in [-0.39, 0.29) is 41.4 Å². The van der Waals surface area contributed by atoms with Gasteiger partial charge in [-0.1, -0.05) is 19.1 Å². The SMILES string of the molecule is C=CC(=O)[O-].C=CC1CCCCNC1=O.[Na+]. The number of amides is 1. The number of nitrogens with one attached hydrogen (secondary N) is 1. The van der Waals surface area contributed by atoms with E-state index in [0.29, 0.717) is 0 Å². The molecule has 0 spiro atoms. The van der Waals surface area contributed by atoms with Crippen LogP contribution < -0.4 is 40.0 Å². The van der Waals surface area contributed by atoms with Crippen LogP contribution >= 0.6 is 0 Å². The first-order chi connectivity index (χ1) is 7.11. The van der Waals surface area contributed by atoms with E-state index in [1.807, 2.05) is 0 Å². The number of carbonyl (C=O) groups excluding carboxylic acids is 2. The molecule has 1 heterocycles. The van der Waals surface area contributed by atoms with Gasteiger partial charge in [-0.15, -0.1) is 6.58 Å². The molecule has 1 atom stereocenters. The van der Waals surface area contributed by atoms with Gasteiger partial charge in [0.1, 0.15) is 0 Å². The third-order valence-electron chi connectivity index (χ3n) is 2.03. The Kier molecular flexibility index (Phi) is 12.2. The largest absolute Gasteiger partial charge is 1.00 e. The van der Waals surface area contributed by atoms with Crippen molar-refractivity contribution in [3.8, 4) is 0 Å². The van der Waals surface area contributed by atoms with Crippen LogP contribution in [0.3, 0.4) is 0 Å². The van der Waals surface area contributed by atoms with Crippen molar-refractivity contribution in [3.05, 3.63) is 25.3 Å². The third kappa shape index (κ3) is 8.71. The second-order valence-electron chi connectivity index (χ2n) is 3.15. The van der Waals surface area contributed by atoms with Gasteiger partial charge in [-0.05, 0) is 18.9 Å². The third-order valence-corrected chi connectivity index (χ3v) is 2.03. The van der Waals surface area contributed by atoms with Gasteiger partial charge in [-0.3, -0.25) is 4.79 Å². The number of rotatable bonds is 2. The molecule has 0 bridgehead atoms. The van der Waals surface area contributed by atoms with Gasteiger partial charge in [0.05, 0.1) is 11.9 Å². The first kappa shape index (κ1) is 17.8. The van der Waals surface area contributed by atoms with Crippen LogP contribution in [0.15, 0.2) is 25.3 Å². The molecule has 1 aliphatic rings. The summed E-state index contributed by atoms with van der Waals surface area (Å²) >= 11 is 0. The van der Waals surface area contributed by atoms with Crippen LogP contribution in [0.25, 0.3) is 0 Å². The minimum atomic E-state index is -1.23. The molecular weight excluding hydrogens is 217 g/mol. The van der Waals surface area contributed by atoms with Crippen LogP contribution in [0.4, 0.5) is 0 Å². The Balaban J connectivity index is 0. The van der Waals surface area contributed by atoms with Gasteiger partial charge in [-0.25, -0.2) is 0 Å². The Bertz CT molecular complexity index is 254. The van der Waals surface area contributed by atoms with Crippen molar-refractivity contribution < 1.29 is 44.3 Å². The van der Waals surface area contributed by atoms with Crippen molar-refractivity contribution in [1.82, 2.24) is 5.32 Å². The fourth-order valence-corrected chi connectivity index (χ4v) is 1.19. The average molecular weight is 233 g/mol. The van der Waals surface area contributed by atoms with Crippen molar-refractivity contribution in [3.63, 3.8) is 0 Å². The summed E-state index contributed by atoms with van der Waals surface area (Å²) in [5.41, 5.74) is 0. The van der Waals surface area contributed by atoms with Gasteiger partial charge in [-0.2, -0.15) is 0 Å². The number of hydrogen-bond acceptors (Lipinski definition) is 3. The van der Waals surface area contributed by atoms with Gasteiger partial charge >= 0.3 is 29.6 Å². The molecule has 84 valence electrons. The summed E-state index contributed by atoms with van der Waals surface area (Å²) < 4.78 is 0. The van der Waals surface area contributed by atoms with E-state index < -0.39 is 5.97 Å². The number of hydrogen-bond donors (Lipinski definition) is 1. The molecule has 0 aromatic rings. The molecule has 1 fully saturated rings. The summed E-state index contributed by atoms with van der Waals surface area (Å²) in [5, 5.41) is 12.0. The van der Waals surface area contributed by atoms with E-state index in [9.17, 15) is 4.79 Å². The Morgan fingerprint density at radius 1 is 1.44 bits per heavy atom. The molecule has 0 aromatic carbocycles. The minimum Gasteiger partial charge on any atom is -0.545 e. The van der Waals surface area contributed by atoms with E-state index in [0.717, 1.165) is 31.9 Å². The molecule has 5 heteroatoms. The summed E-state index contributed by atoms with van der Waals surface area (Å²) in [7, 11) is 0. The second-order valence-corrected chi connectivity index (χ2v) is 3.15. The second kappa shape index (κ2) is 10.9. The van der Waals surface area contributed by atoms with E-state index in [4.69, 9.17) is 9.90 Å². The molecule has 1 unspecified atom stereocenters. The molecule has 4 nitrogen and oxygen atoms in total. The number of aliphatic carboxylic acids is 1. The minimum absolute atomic E-state index is 0. The molecule has 1 N–H and O–H groups in total. The van der Waals surface area contributed by atoms with Crippen LogP contribution in [0.1, 0.15) is 19.3 Å². The summed E-state index contributed by atoms with van der Waals surface area (Å²) in [6.07, 6.45) is 5.67. The fraction of sp³-hybridized carbons (Fsp3) is 0.455. The summed E-state index contributed by atoms with van der Waals surface area (Å²) in [6.45, 7) is 7.35. The summed E-state index contributed by atoms with van der Waals surface area (Å²) in [5.74, 6) is -1.03. The van der Waals surface area contributed by atoms with E-state index in [2.05, 4.69) is 18.5 Å². The first-order valence-corrected chi connectivity index (χ1v) is 4.85. The van der Waals surface area contributed by atoms with E-state index in [1.165, 1.54) is 0 Å². The van der Waals surface area contributed by atoms with Crippen molar-refractivity contribution in [1.29, 1.82) is 0 Å². The van der Waals surface area contributed by atoms with Crippen molar-refractivity contribution in [2.45, 2.75) is 19.3 Å². The normalized spacial score (nSPS) is 18.8. The maximum Gasteiger partial charge on any atom is 1.00 e. The predicted octanol–water partition coefficient (Wildman–Crippen LogP) is -2.98. The number of carboxylic acid groups (broad SMARTS) is 1. The molecule has 0 aromatic heterocycles. The van der Waals surface area contributed by atoms with Crippen molar-refractivity contribution in [2.75, 3.05) is 6.54 Å². The molecule has 0 radical (unpaired) electrons. The van der Waals surface area contributed by atoms with Gasteiger partial charge in [0.15, 0.2) is 0 Å². The average Bonchev–Trinajstić information content (AvgIpc) is 2.43. The van der Waals surface area contributed by atoms with Crippen LogP contribution in [-0.4, -0.2) is 18.4 Å². The molecule has 1 rings (SSSR count). The predicted molar refractivity (Wildman–Crippen MR) is 55.8 cm³/mol. The zero-order valence-electron chi connectivity index (χ0n) is 9.70. The standard InChI is InChI=1S/C8H13NO.C3H4O2.Na/c1-2-7-5-3-4-6-9-8(7)10;1-2-3(4)5;/h2,7H,1,3-6H2,(H,9,10);2H,1H2,(H,4,5);/q;;+1/p-1. The molecule has 1 aliphatic heterocycles. The topological polar surface area (TPSA) is 69.2 Å². The smallest absolute Gasteiger partial charge is 0.545 e. The Morgan fingerprint density at radius 2 is 2.00 bits per heavy atom. The van der Waals surface area contributed by atoms with Gasteiger partial charge in [0.2, 0.25) is 5.91 Å². The maximum absolute atomic E-state index is 11.1.